The van der Waals surface area contributed by atoms with Crippen molar-refractivity contribution in [3.63, 3.8) is 0 Å². The molecule has 0 aromatic carbocycles. The number of aryl methyl sites for hydroxylation is 1. The van der Waals surface area contributed by atoms with Crippen molar-refractivity contribution in [2.45, 2.75) is 12.8 Å². The highest BCUT2D eigenvalue weighted by Gasteiger charge is 2.23. The number of hydrogen-bond acceptors (Lipinski definition) is 4. The fourth-order valence-corrected chi connectivity index (χ4v) is 3.12. The molecule has 0 N–H and O–H groups in total. The number of carbonyl (C=O) groups is 1. The van der Waals surface area contributed by atoms with Crippen LogP contribution in [0.4, 0.5) is 10.2 Å². The molecular weight excluding hydrogens is 309 g/mol. The smallest absolute Gasteiger partial charge is 0.256 e. The van der Waals surface area contributed by atoms with Gasteiger partial charge in [0.2, 0.25) is 0 Å². The zero-order chi connectivity index (χ0) is 17.1. The van der Waals surface area contributed by atoms with Gasteiger partial charge in [-0.25, -0.2) is 9.37 Å². The average Bonchev–Trinajstić information content (AvgIpc) is 3.02. The summed E-state index contributed by atoms with van der Waals surface area (Å²) in [5.74, 6) is 0.969. The van der Waals surface area contributed by atoms with Gasteiger partial charge in [0.1, 0.15) is 11.6 Å². The minimum atomic E-state index is -0.316. The average molecular weight is 331 g/mol. The summed E-state index contributed by atoms with van der Waals surface area (Å²) >= 11 is 0. The van der Waals surface area contributed by atoms with E-state index in [-0.39, 0.29) is 11.7 Å². The van der Waals surface area contributed by atoms with Crippen LogP contribution in [0.5, 0.6) is 0 Å². The lowest BCUT2D eigenvalue weighted by atomic mass is 9.96. The molecule has 1 fully saturated rings. The number of anilines is 1. The third kappa shape index (κ3) is 3.72. The summed E-state index contributed by atoms with van der Waals surface area (Å²) in [7, 11) is 3.64. The van der Waals surface area contributed by atoms with E-state index in [1.807, 2.05) is 7.05 Å². The molecule has 0 aliphatic carbocycles. The first-order valence-corrected chi connectivity index (χ1v) is 8.13. The fraction of sp³-hybridized carbons (Fsp3) is 0.471. The number of hydrogen-bond donors (Lipinski definition) is 0. The Morgan fingerprint density at radius 1 is 1.33 bits per heavy atom. The Morgan fingerprint density at radius 2 is 2.08 bits per heavy atom. The van der Waals surface area contributed by atoms with E-state index in [0.717, 1.165) is 38.3 Å². The molecule has 0 unspecified atom stereocenters. The molecule has 6 nitrogen and oxygen atoms in total. The molecule has 1 aliphatic heterocycles. The monoisotopic (exact) mass is 331 g/mol. The minimum Gasteiger partial charge on any atom is -0.357 e. The Bertz CT molecular complexity index is 691. The molecule has 1 saturated heterocycles. The molecule has 3 heterocycles. The zero-order valence-electron chi connectivity index (χ0n) is 14.0. The van der Waals surface area contributed by atoms with E-state index in [1.165, 1.54) is 12.3 Å². The molecule has 2 aromatic heterocycles. The van der Waals surface area contributed by atoms with Gasteiger partial charge in [0.15, 0.2) is 0 Å². The molecule has 0 bridgehead atoms. The Labute approximate surface area is 140 Å². The molecule has 0 radical (unpaired) electrons. The largest absolute Gasteiger partial charge is 0.357 e. The molecule has 0 atom stereocenters. The first kappa shape index (κ1) is 16.4. The highest BCUT2D eigenvalue weighted by molar-refractivity contribution is 5.93. The molecule has 0 spiro atoms. The Kier molecular flexibility index (Phi) is 4.78. The summed E-state index contributed by atoms with van der Waals surface area (Å²) in [6, 6.07) is 3.16. The van der Waals surface area contributed by atoms with Crippen molar-refractivity contribution in [2.75, 3.05) is 31.6 Å². The van der Waals surface area contributed by atoms with Crippen LogP contribution < -0.4 is 4.90 Å². The molecule has 1 aliphatic rings. The molecule has 3 rings (SSSR count). The third-order valence-electron chi connectivity index (χ3n) is 4.48. The van der Waals surface area contributed by atoms with E-state index >= 15 is 0 Å². The number of carbonyl (C=O) groups excluding carboxylic acids is 1. The Balaban J connectivity index is 1.51. The van der Waals surface area contributed by atoms with Gasteiger partial charge in [-0.15, -0.1) is 0 Å². The van der Waals surface area contributed by atoms with Gasteiger partial charge < -0.3 is 9.80 Å². The van der Waals surface area contributed by atoms with Gasteiger partial charge in [-0.3, -0.25) is 9.48 Å². The van der Waals surface area contributed by atoms with Crippen LogP contribution in [0.1, 0.15) is 23.2 Å². The maximum absolute atomic E-state index is 13.0. The topological polar surface area (TPSA) is 54.3 Å². The van der Waals surface area contributed by atoms with Crippen molar-refractivity contribution in [1.82, 2.24) is 19.7 Å². The maximum atomic E-state index is 13.0. The van der Waals surface area contributed by atoms with E-state index in [1.54, 1.807) is 35.1 Å². The minimum absolute atomic E-state index is 0.00531. The molecule has 7 heteroatoms. The lowest BCUT2D eigenvalue weighted by Crippen LogP contribution is -2.39. The summed E-state index contributed by atoms with van der Waals surface area (Å²) in [6.45, 7) is 2.48. The van der Waals surface area contributed by atoms with Crippen LogP contribution in [0.25, 0.3) is 0 Å². The highest BCUT2D eigenvalue weighted by atomic mass is 19.1. The van der Waals surface area contributed by atoms with Crippen LogP contribution in [0.15, 0.2) is 30.7 Å². The SMILES string of the molecule is CN(CC1CCN(c2ccc(F)cn2)CC1)C(=O)c1cnn(C)c1. The molecule has 24 heavy (non-hydrogen) atoms. The highest BCUT2D eigenvalue weighted by Crippen LogP contribution is 2.22. The van der Waals surface area contributed by atoms with Crippen LogP contribution >= 0.6 is 0 Å². The van der Waals surface area contributed by atoms with Crippen molar-refractivity contribution in [3.8, 4) is 0 Å². The number of piperidine rings is 1. The van der Waals surface area contributed by atoms with Crippen LogP contribution in [0.3, 0.4) is 0 Å². The third-order valence-corrected chi connectivity index (χ3v) is 4.48. The van der Waals surface area contributed by atoms with Crippen LogP contribution in [0.2, 0.25) is 0 Å². The van der Waals surface area contributed by atoms with E-state index in [2.05, 4.69) is 15.0 Å². The molecule has 1 amide bonds. The van der Waals surface area contributed by atoms with E-state index < -0.39 is 0 Å². The Morgan fingerprint density at radius 3 is 2.67 bits per heavy atom. The molecule has 2 aromatic rings. The van der Waals surface area contributed by atoms with E-state index in [4.69, 9.17) is 0 Å². The van der Waals surface area contributed by atoms with Gasteiger partial charge in [-0.05, 0) is 30.9 Å². The van der Waals surface area contributed by atoms with Gasteiger partial charge >= 0.3 is 0 Å². The standard InChI is InChI=1S/C17H22FN5O/c1-21(17(24)14-9-20-22(2)12-14)11-13-5-7-23(8-6-13)16-4-3-15(18)10-19-16/h3-4,9-10,12-13H,5-8,11H2,1-2H3. The molecule has 0 saturated carbocycles. The summed E-state index contributed by atoms with van der Waals surface area (Å²) in [5.41, 5.74) is 0.618. The van der Waals surface area contributed by atoms with Crippen LogP contribution in [-0.4, -0.2) is 52.3 Å². The van der Waals surface area contributed by atoms with Crippen molar-refractivity contribution in [2.24, 2.45) is 13.0 Å². The van der Waals surface area contributed by atoms with Crippen LogP contribution in [0, 0.1) is 11.7 Å². The summed E-state index contributed by atoms with van der Waals surface area (Å²) in [4.78, 5) is 20.4. The van der Waals surface area contributed by atoms with E-state index in [9.17, 15) is 9.18 Å². The van der Waals surface area contributed by atoms with Gasteiger partial charge in [-0.2, -0.15) is 5.10 Å². The molecular formula is C17H22FN5O. The second kappa shape index (κ2) is 6.98. The zero-order valence-corrected chi connectivity index (χ0v) is 14.0. The predicted octanol–water partition coefficient (Wildman–Crippen LogP) is 1.94. The summed E-state index contributed by atoms with van der Waals surface area (Å²) in [5, 5.41) is 4.05. The maximum Gasteiger partial charge on any atom is 0.256 e. The quantitative estimate of drug-likeness (QED) is 0.859. The van der Waals surface area contributed by atoms with E-state index in [0.29, 0.717) is 11.5 Å². The number of nitrogens with zero attached hydrogens (tertiary/aromatic N) is 5. The van der Waals surface area contributed by atoms with Crippen molar-refractivity contribution < 1.29 is 9.18 Å². The first-order valence-electron chi connectivity index (χ1n) is 8.13. The van der Waals surface area contributed by atoms with Gasteiger partial charge in [0.05, 0.1) is 18.0 Å². The second-order valence-corrected chi connectivity index (χ2v) is 6.35. The fourth-order valence-electron chi connectivity index (χ4n) is 3.12. The number of aromatic nitrogens is 3. The number of halogens is 1. The Hall–Kier alpha value is -2.44. The first-order chi connectivity index (χ1) is 11.5. The normalized spacial score (nSPS) is 15.5. The number of rotatable bonds is 4. The van der Waals surface area contributed by atoms with Crippen molar-refractivity contribution in [3.05, 3.63) is 42.1 Å². The van der Waals surface area contributed by atoms with Crippen molar-refractivity contribution in [1.29, 1.82) is 0 Å². The van der Waals surface area contributed by atoms with Gasteiger partial charge in [0, 0.05) is 39.9 Å². The van der Waals surface area contributed by atoms with Gasteiger partial charge in [0.25, 0.3) is 5.91 Å². The van der Waals surface area contributed by atoms with Crippen molar-refractivity contribution >= 4 is 11.7 Å². The summed E-state index contributed by atoms with van der Waals surface area (Å²) < 4.78 is 14.6. The van der Waals surface area contributed by atoms with Crippen LogP contribution in [-0.2, 0) is 7.05 Å². The predicted molar refractivity (Wildman–Crippen MR) is 89.3 cm³/mol. The second-order valence-electron chi connectivity index (χ2n) is 6.35. The molecule has 128 valence electrons. The number of pyridine rings is 1. The number of amides is 1. The lowest BCUT2D eigenvalue weighted by molar-refractivity contribution is 0.0765. The van der Waals surface area contributed by atoms with Gasteiger partial charge in [-0.1, -0.05) is 0 Å². The summed E-state index contributed by atoms with van der Waals surface area (Å²) in [6.07, 6.45) is 6.57. The lowest BCUT2D eigenvalue weighted by Gasteiger charge is -2.34.